The standard InChI is InChI=1S/C13H18ClNO/c1-10-3-2-6-15(8-10)13-5-4-11(9-16)7-12(13)14/h4-5,7,10,16H,2-3,6,8-9H2,1H3. The van der Waals surface area contributed by atoms with E-state index in [1.54, 1.807) is 0 Å². The third-order valence-corrected chi connectivity index (χ3v) is 3.50. The van der Waals surface area contributed by atoms with E-state index in [1.807, 2.05) is 18.2 Å². The third kappa shape index (κ3) is 2.50. The number of rotatable bonds is 2. The monoisotopic (exact) mass is 239 g/mol. The number of aliphatic hydroxyl groups excluding tert-OH is 1. The second kappa shape index (κ2) is 5.07. The number of hydrogen-bond donors (Lipinski definition) is 1. The lowest BCUT2D eigenvalue weighted by molar-refractivity contribution is 0.282. The average molecular weight is 240 g/mol. The topological polar surface area (TPSA) is 23.5 Å². The molecule has 0 radical (unpaired) electrons. The van der Waals surface area contributed by atoms with Gasteiger partial charge in [-0.15, -0.1) is 0 Å². The highest BCUT2D eigenvalue weighted by Gasteiger charge is 2.18. The normalized spacial score (nSPS) is 21.2. The summed E-state index contributed by atoms with van der Waals surface area (Å²) in [6, 6.07) is 5.82. The van der Waals surface area contributed by atoms with Gasteiger partial charge in [0.05, 0.1) is 17.3 Å². The number of anilines is 1. The van der Waals surface area contributed by atoms with Gasteiger partial charge in [-0.2, -0.15) is 0 Å². The maximum Gasteiger partial charge on any atom is 0.0682 e. The second-order valence-corrected chi connectivity index (χ2v) is 5.04. The van der Waals surface area contributed by atoms with Crippen molar-refractivity contribution >= 4 is 17.3 Å². The zero-order chi connectivity index (χ0) is 11.5. The van der Waals surface area contributed by atoms with Gasteiger partial charge in [0, 0.05) is 13.1 Å². The summed E-state index contributed by atoms with van der Waals surface area (Å²) in [6.07, 6.45) is 2.54. The van der Waals surface area contributed by atoms with E-state index in [0.29, 0.717) is 0 Å². The average Bonchev–Trinajstić information content (AvgIpc) is 2.28. The molecule has 0 bridgehead atoms. The molecule has 0 amide bonds. The Morgan fingerprint density at radius 1 is 1.50 bits per heavy atom. The molecule has 1 atom stereocenters. The van der Waals surface area contributed by atoms with Crippen LogP contribution in [-0.4, -0.2) is 18.2 Å². The fourth-order valence-electron chi connectivity index (χ4n) is 2.31. The van der Waals surface area contributed by atoms with Crippen LogP contribution in [0.1, 0.15) is 25.3 Å². The number of piperidine rings is 1. The molecule has 0 aromatic heterocycles. The first kappa shape index (κ1) is 11.7. The van der Waals surface area contributed by atoms with Gasteiger partial charge >= 0.3 is 0 Å². The van der Waals surface area contributed by atoms with Crippen LogP contribution in [0.2, 0.25) is 5.02 Å². The Morgan fingerprint density at radius 3 is 2.94 bits per heavy atom. The van der Waals surface area contributed by atoms with Crippen molar-refractivity contribution in [3.63, 3.8) is 0 Å². The van der Waals surface area contributed by atoms with Crippen LogP contribution in [0.15, 0.2) is 18.2 Å². The lowest BCUT2D eigenvalue weighted by Crippen LogP contribution is -2.34. The van der Waals surface area contributed by atoms with Gasteiger partial charge in [0.2, 0.25) is 0 Å². The van der Waals surface area contributed by atoms with E-state index in [9.17, 15) is 0 Å². The molecule has 0 aliphatic carbocycles. The number of nitrogens with zero attached hydrogens (tertiary/aromatic N) is 1. The highest BCUT2D eigenvalue weighted by Crippen LogP contribution is 2.30. The van der Waals surface area contributed by atoms with Gasteiger partial charge in [-0.05, 0) is 36.5 Å². The number of halogens is 1. The molecule has 1 heterocycles. The van der Waals surface area contributed by atoms with Gasteiger partial charge in [0.25, 0.3) is 0 Å². The quantitative estimate of drug-likeness (QED) is 0.858. The smallest absolute Gasteiger partial charge is 0.0682 e. The first-order valence-electron chi connectivity index (χ1n) is 5.85. The molecule has 1 unspecified atom stereocenters. The largest absolute Gasteiger partial charge is 0.392 e. The zero-order valence-electron chi connectivity index (χ0n) is 9.62. The molecule has 1 aliphatic rings. The predicted molar refractivity (Wildman–Crippen MR) is 68.0 cm³/mol. The fourth-order valence-corrected chi connectivity index (χ4v) is 2.64. The van der Waals surface area contributed by atoms with E-state index in [-0.39, 0.29) is 6.61 Å². The molecule has 2 rings (SSSR count). The van der Waals surface area contributed by atoms with Crippen molar-refractivity contribution in [1.29, 1.82) is 0 Å². The molecule has 0 spiro atoms. The van der Waals surface area contributed by atoms with E-state index in [2.05, 4.69) is 11.8 Å². The maximum absolute atomic E-state index is 9.03. The lowest BCUT2D eigenvalue weighted by Gasteiger charge is -2.33. The number of aliphatic hydroxyl groups is 1. The Bertz CT molecular complexity index is 367. The van der Waals surface area contributed by atoms with Crippen molar-refractivity contribution in [1.82, 2.24) is 0 Å². The van der Waals surface area contributed by atoms with E-state index in [0.717, 1.165) is 35.3 Å². The van der Waals surface area contributed by atoms with Crippen molar-refractivity contribution in [2.75, 3.05) is 18.0 Å². The van der Waals surface area contributed by atoms with Gasteiger partial charge in [-0.3, -0.25) is 0 Å². The Kier molecular flexibility index (Phi) is 3.72. The highest BCUT2D eigenvalue weighted by molar-refractivity contribution is 6.33. The van der Waals surface area contributed by atoms with Gasteiger partial charge in [0.1, 0.15) is 0 Å². The van der Waals surface area contributed by atoms with Crippen LogP contribution >= 0.6 is 11.6 Å². The highest BCUT2D eigenvalue weighted by atomic mass is 35.5. The van der Waals surface area contributed by atoms with Crippen LogP contribution in [0.4, 0.5) is 5.69 Å². The van der Waals surface area contributed by atoms with E-state index in [4.69, 9.17) is 16.7 Å². The third-order valence-electron chi connectivity index (χ3n) is 3.19. The van der Waals surface area contributed by atoms with Crippen LogP contribution in [0.3, 0.4) is 0 Å². The molecule has 16 heavy (non-hydrogen) atoms. The summed E-state index contributed by atoms with van der Waals surface area (Å²) >= 11 is 6.24. The zero-order valence-corrected chi connectivity index (χ0v) is 10.4. The van der Waals surface area contributed by atoms with Gasteiger partial charge < -0.3 is 10.0 Å². The van der Waals surface area contributed by atoms with Crippen LogP contribution < -0.4 is 4.90 Å². The number of benzene rings is 1. The summed E-state index contributed by atoms with van der Waals surface area (Å²) in [5.74, 6) is 0.738. The van der Waals surface area contributed by atoms with Crippen molar-refractivity contribution < 1.29 is 5.11 Å². The second-order valence-electron chi connectivity index (χ2n) is 4.64. The van der Waals surface area contributed by atoms with Crippen LogP contribution in [0.25, 0.3) is 0 Å². The van der Waals surface area contributed by atoms with Crippen LogP contribution in [-0.2, 0) is 6.61 Å². The minimum absolute atomic E-state index is 0.0520. The SMILES string of the molecule is CC1CCCN(c2ccc(CO)cc2Cl)C1. The van der Waals surface area contributed by atoms with Crippen molar-refractivity contribution in [3.05, 3.63) is 28.8 Å². The first-order valence-corrected chi connectivity index (χ1v) is 6.22. The summed E-state index contributed by atoms with van der Waals surface area (Å²) in [7, 11) is 0. The summed E-state index contributed by atoms with van der Waals surface area (Å²) in [5.41, 5.74) is 1.98. The minimum atomic E-state index is 0.0520. The van der Waals surface area contributed by atoms with Crippen LogP contribution in [0.5, 0.6) is 0 Å². The molecule has 3 heteroatoms. The fraction of sp³-hybridized carbons (Fsp3) is 0.538. The Hall–Kier alpha value is -0.730. The van der Waals surface area contributed by atoms with Crippen LogP contribution in [0, 0.1) is 5.92 Å². The summed E-state index contributed by atoms with van der Waals surface area (Å²) < 4.78 is 0. The molecule has 0 saturated carbocycles. The molecule has 1 aromatic carbocycles. The molecular formula is C13H18ClNO. The molecule has 1 aliphatic heterocycles. The van der Waals surface area contributed by atoms with Crippen molar-refractivity contribution in [3.8, 4) is 0 Å². The molecule has 1 aromatic rings. The summed E-state index contributed by atoms with van der Waals surface area (Å²) in [6.45, 7) is 4.50. The Morgan fingerprint density at radius 2 is 2.31 bits per heavy atom. The Labute approximate surface area is 102 Å². The van der Waals surface area contributed by atoms with E-state index in [1.165, 1.54) is 12.8 Å². The van der Waals surface area contributed by atoms with Crippen molar-refractivity contribution in [2.45, 2.75) is 26.4 Å². The van der Waals surface area contributed by atoms with Gasteiger partial charge in [-0.1, -0.05) is 24.6 Å². The van der Waals surface area contributed by atoms with Gasteiger partial charge in [0.15, 0.2) is 0 Å². The number of hydrogen-bond acceptors (Lipinski definition) is 2. The van der Waals surface area contributed by atoms with E-state index >= 15 is 0 Å². The maximum atomic E-state index is 9.03. The molecular weight excluding hydrogens is 222 g/mol. The lowest BCUT2D eigenvalue weighted by atomic mass is 9.99. The minimum Gasteiger partial charge on any atom is -0.392 e. The van der Waals surface area contributed by atoms with Gasteiger partial charge in [-0.25, -0.2) is 0 Å². The molecule has 1 fully saturated rings. The predicted octanol–water partition coefficient (Wildman–Crippen LogP) is 3.07. The molecule has 88 valence electrons. The molecule has 1 N–H and O–H groups in total. The Balaban J connectivity index is 2.19. The summed E-state index contributed by atoms with van der Waals surface area (Å²) in [5, 5.41) is 9.78. The summed E-state index contributed by atoms with van der Waals surface area (Å²) in [4.78, 5) is 2.34. The molecule has 2 nitrogen and oxygen atoms in total. The first-order chi connectivity index (χ1) is 7.70. The van der Waals surface area contributed by atoms with Crippen molar-refractivity contribution in [2.24, 2.45) is 5.92 Å². The van der Waals surface area contributed by atoms with E-state index < -0.39 is 0 Å². The molecule has 1 saturated heterocycles.